The minimum absolute atomic E-state index is 0.0000926. The Balaban J connectivity index is 1.69. The molecule has 2 N–H and O–H groups in total. The number of rotatable bonds is 3. The Bertz CT molecular complexity index is 749. The first-order valence-corrected chi connectivity index (χ1v) is 9.50. The molecule has 0 spiro atoms. The van der Waals surface area contributed by atoms with Crippen LogP contribution in [0.1, 0.15) is 35.6 Å². The monoisotopic (exact) mass is 356 g/mol. The van der Waals surface area contributed by atoms with Gasteiger partial charge in [-0.05, 0) is 73.7 Å². The van der Waals surface area contributed by atoms with Crippen molar-refractivity contribution in [2.24, 2.45) is 5.73 Å². The van der Waals surface area contributed by atoms with Crippen LogP contribution >= 0.6 is 11.6 Å². The van der Waals surface area contributed by atoms with E-state index in [4.69, 9.17) is 22.1 Å². The number of piperidine rings is 1. The van der Waals surface area contributed by atoms with Gasteiger partial charge in [-0.3, -0.25) is 4.90 Å². The zero-order chi connectivity index (χ0) is 17.4. The topological polar surface area (TPSA) is 38.5 Å². The molecule has 0 amide bonds. The van der Waals surface area contributed by atoms with Crippen LogP contribution in [-0.2, 0) is 6.42 Å². The molecule has 0 saturated carbocycles. The minimum atomic E-state index is 0.0000926. The zero-order valence-corrected chi connectivity index (χ0v) is 15.4. The number of likely N-dealkylation sites (tertiary alicyclic amines) is 1. The Morgan fingerprint density at radius 3 is 2.76 bits per heavy atom. The van der Waals surface area contributed by atoms with Gasteiger partial charge in [-0.2, -0.15) is 0 Å². The number of hydrogen-bond acceptors (Lipinski definition) is 3. The van der Waals surface area contributed by atoms with Crippen LogP contribution < -0.4 is 10.5 Å². The molecule has 1 aliphatic heterocycles. The average molecular weight is 357 g/mol. The van der Waals surface area contributed by atoms with Gasteiger partial charge in [0.2, 0.25) is 0 Å². The molecule has 0 unspecified atom stereocenters. The van der Waals surface area contributed by atoms with Gasteiger partial charge in [-0.15, -0.1) is 0 Å². The van der Waals surface area contributed by atoms with Crippen LogP contribution in [0.5, 0.6) is 5.75 Å². The van der Waals surface area contributed by atoms with Gasteiger partial charge in [0.1, 0.15) is 11.9 Å². The lowest BCUT2D eigenvalue weighted by molar-refractivity contribution is 0.0593. The molecular weight excluding hydrogens is 332 g/mol. The first kappa shape index (κ1) is 16.9. The third-order valence-corrected chi connectivity index (χ3v) is 5.72. The van der Waals surface area contributed by atoms with Crippen molar-refractivity contribution in [3.8, 4) is 5.75 Å². The van der Waals surface area contributed by atoms with Crippen LogP contribution in [0.3, 0.4) is 0 Å². The Labute approximate surface area is 154 Å². The normalized spacial score (nSPS) is 26.4. The molecule has 4 rings (SSSR count). The van der Waals surface area contributed by atoms with E-state index in [2.05, 4.69) is 24.0 Å². The van der Waals surface area contributed by atoms with E-state index >= 15 is 0 Å². The second kappa shape index (κ2) is 6.99. The Kier molecular flexibility index (Phi) is 4.72. The van der Waals surface area contributed by atoms with Gasteiger partial charge in [0.25, 0.3) is 0 Å². The lowest BCUT2D eigenvalue weighted by atomic mass is 10.0. The predicted molar refractivity (Wildman–Crippen MR) is 102 cm³/mol. The second-order valence-electron chi connectivity index (χ2n) is 7.31. The number of aryl methyl sites for hydroxylation is 1. The van der Waals surface area contributed by atoms with E-state index in [-0.39, 0.29) is 12.1 Å². The van der Waals surface area contributed by atoms with E-state index in [1.165, 1.54) is 16.7 Å². The zero-order valence-electron chi connectivity index (χ0n) is 14.6. The number of para-hydroxylation sites is 1. The summed E-state index contributed by atoms with van der Waals surface area (Å²) in [6, 6.07) is 14.8. The second-order valence-corrected chi connectivity index (χ2v) is 7.75. The standard InChI is InChI=1S/C21H25ClN2O/c1-14-10-15(22)11-19-18(14)12-20(24-9-5-6-16(23)13-24)21(19)25-17-7-3-2-4-8-17/h2-4,7-8,10-11,16,20-21H,5-6,9,12-13,23H2,1H3/t16-,20+,21+/m1/s1. The summed E-state index contributed by atoms with van der Waals surface area (Å²) in [4.78, 5) is 2.52. The Morgan fingerprint density at radius 2 is 2.00 bits per heavy atom. The van der Waals surface area contributed by atoms with E-state index in [1.807, 2.05) is 30.3 Å². The molecular formula is C21H25ClN2O. The SMILES string of the molecule is Cc1cc(Cl)cc2c1C[C@H](N1CCC[C@@H](N)C1)[C@H]2Oc1ccccc1. The molecule has 1 aliphatic carbocycles. The smallest absolute Gasteiger partial charge is 0.140 e. The molecule has 4 heteroatoms. The average Bonchev–Trinajstić information content (AvgIpc) is 2.95. The Morgan fingerprint density at radius 1 is 1.20 bits per heavy atom. The van der Waals surface area contributed by atoms with Crippen molar-refractivity contribution in [1.82, 2.24) is 4.90 Å². The molecule has 132 valence electrons. The van der Waals surface area contributed by atoms with E-state index in [9.17, 15) is 0 Å². The fourth-order valence-electron chi connectivity index (χ4n) is 4.30. The molecule has 1 fully saturated rings. The van der Waals surface area contributed by atoms with Crippen molar-refractivity contribution in [2.45, 2.75) is 44.4 Å². The van der Waals surface area contributed by atoms with E-state index < -0.39 is 0 Å². The molecule has 0 radical (unpaired) electrons. The van der Waals surface area contributed by atoms with E-state index in [0.29, 0.717) is 6.04 Å². The molecule has 3 nitrogen and oxygen atoms in total. The molecule has 1 saturated heterocycles. The highest BCUT2D eigenvalue weighted by atomic mass is 35.5. The maximum absolute atomic E-state index is 6.47. The molecule has 2 aliphatic rings. The first-order chi connectivity index (χ1) is 12.1. The van der Waals surface area contributed by atoms with Crippen molar-refractivity contribution >= 4 is 11.6 Å². The van der Waals surface area contributed by atoms with Gasteiger partial charge in [-0.25, -0.2) is 0 Å². The third-order valence-electron chi connectivity index (χ3n) is 5.51. The van der Waals surface area contributed by atoms with Gasteiger partial charge < -0.3 is 10.5 Å². The van der Waals surface area contributed by atoms with Crippen LogP contribution in [0, 0.1) is 6.92 Å². The van der Waals surface area contributed by atoms with E-state index in [0.717, 1.165) is 43.1 Å². The quantitative estimate of drug-likeness (QED) is 0.899. The molecule has 3 atom stereocenters. The highest BCUT2D eigenvalue weighted by Gasteiger charge is 2.40. The molecule has 2 aromatic rings. The number of halogens is 1. The summed E-state index contributed by atoms with van der Waals surface area (Å²) in [6.45, 7) is 4.18. The lowest BCUT2D eigenvalue weighted by Crippen LogP contribution is -2.49. The molecule has 0 bridgehead atoms. The fraction of sp³-hybridized carbons (Fsp3) is 0.429. The van der Waals surface area contributed by atoms with Gasteiger partial charge in [-0.1, -0.05) is 29.8 Å². The lowest BCUT2D eigenvalue weighted by Gasteiger charge is -2.38. The fourth-order valence-corrected chi connectivity index (χ4v) is 4.59. The number of nitrogens with two attached hydrogens (primary N) is 1. The summed E-state index contributed by atoms with van der Waals surface area (Å²) < 4.78 is 6.47. The maximum atomic E-state index is 6.47. The summed E-state index contributed by atoms with van der Waals surface area (Å²) in [5.74, 6) is 0.907. The van der Waals surface area contributed by atoms with Crippen LogP contribution in [0.2, 0.25) is 5.02 Å². The van der Waals surface area contributed by atoms with Crippen LogP contribution in [0.25, 0.3) is 0 Å². The van der Waals surface area contributed by atoms with Crippen molar-refractivity contribution in [3.63, 3.8) is 0 Å². The summed E-state index contributed by atoms with van der Waals surface area (Å²) in [5, 5.41) is 0.786. The minimum Gasteiger partial charge on any atom is -0.484 e. The number of fused-ring (bicyclic) bond motifs is 1. The van der Waals surface area contributed by atoms with Gasteiger partial charge >= 0.3 is 0 Å². The predicted octanol–water partition coefficient (Wildman–Crippen LogP) is 4.12. The van der Waals surface area contributed by atoms with Crippen molar-refractivity contribution in [1.29, 1.82) is 0 Å². The van der Waals surface area contributed by atoms with Gasteiger partial charge in [0, 0.05) is 17.6 Å². The van der Waals surface area contributed by atoms with Gasteiger partial charge in [0.05, 0.1) is 6.04 Å². The highest BCUT2D eigenvalue weighted by molar-refractivity contribution is 6.30. The largest absolute Gasteiger partial charge is 0.484 e. The number of hydrogen-bond donors (Lipinski definition) is 1. The molecule has 25 heavy (non-hydrogen) atoms. The summed E-state index contributed by atoms with van der Waals surface area (Å²) in [6.07, 6.45) is 3.28. The van der Waals surface area contributed by atoms with Crippen LogP contribution in [0.15, 0.2) is 42.5 Å². The van der Waals surface area contributed by atoms with Crippen molar-refractivity contribution < 1.29 is 4.74 Å². The highest BCUT2D eigenvalue weighted by Crippen LogP contribution is 2.41. The van der Waals surface area contributed by atoms with Crippen LogP contribution in [-0.4, -0.2) is 30.1 Å². The van der Waals surface area contributed by atoms with Crippen molar-refractivity contribution in [2.75, 3.05) is 13.1 Å². The van der Waals surface area contributed by atoms with Gasteiger partial charge in [0.15, 0.2) is 0 Å². The summed E-state index contributed by atoms with van der Waals surface area (Å²) in [7, 11) is 0. The first-order valence-electron chi connectivity index (χ1n) is 9.12. The van der Waals surface area contributed by atoms with Crippen LogP contribution in [0.4, 0.5) is 0 Å². The summed E-state index contributed by atoms with van der Waals surface area (Å²) in [5.41, 5.74) is 10.1. The Hall–Kier alpha value is -1.55. The summed E-state index contributed by atoms with van der Waals surface area (Å²) >= 11 is 6.36. The van der Waals surface area contributed by atoms with E-state index in [1.54, 1.807) is 0 Å². The third kappa shape index (κ3) is 3.41. The molecule has 2 aromatic carbocycles. The number of benzene rings is 2. The molecule has 1 heterocycles. The molecule has 0 aromatic heterocycles. The number of nitrogens with zero attached hydrogens (tertiary/aromatic N) is 1. The number of ether oxygens (including phenoxy) is 1. The maximum Gasteiger partial charge on any atom is 0.140 e. The van der Waals surface area contributed by atoms with Crippen molar-refractivity contribution in [3.05, 3.63) is 64.2 Å².